The lowest BCUT2D eigenvalue weighted by atomic mass is 9.96. The molecule has 2 aromatic heterocycles. The lowest BCUT2D eigenvalue weighted by Gasteiger charge is -2.30. The quantitative estimate of drug-likeness (QED) is 0.423. The van der Waals surface area contributed by atoms with Crippen LogP contribution in [0, 0.1) is 0 Å². The highest BCUT2D eigenvalue weighted by Gasteiger charge is 2.30. The molecule has 1 aliphatic rings. The zero-order chi connectivity index (χ0) is 23.9. The number of carboxylic acids is 1. The lowest BCUT2D eigenvalue weighted by Crippen LogP contribution is -2.46. The van der Waals surface area contributed by atoms with Crippen LogP contribution in [0.3, 0.4) is 0 Å². The van der Waals surface area contributed by atoms with Crippen molar-refractivity contribution in [1.82, 2.24) is 19.6 Å². The van der Waals surface area contributed by atoms with Gasteiger partial charge in [0.2, 0.25) is 0 Å². The van der Waals surface area contributed by atoms with Gasteiger partial charge in [0, 0.05) is 32.0 Å². The van der Waals surface area contributed by atoms with Crippen molar-refractivity contribution in [3.05, 3.63) is 63.0 Å². The number of aromatic hydroxyl groups is 1. The van der Waals surface area contributed by atoms with Crippen LogP contribution in [0.25, 0.3) is 5.65 Å². The minimum Gasteiger partial charge on any atom is -0.504 e. The van der Waals surface area contributed by atoms with Crippen LogP contribution in [0.15, 0.2) is 30.6 Å². The van der Waals surface area contributed by atoms with E-state index in [0.29, 0.717) is 24.1 Å². The van der Waals surface area contributed by atoms with Crippen LogP contribution in [0.1, 0.15) is 32.0 Å². The normalized spacial score (nSPS) is 14.1. The first kappa shape index (κ1) is 22.8. The summed E-state index contributed by atoms with van der Waals surface area (Å²) in [5.41, 5.74) is 7.13. The minimum atomic E-state index is -1.28. The second-order valence-electron chi connectivity index (χ2n) is 7.51. The number of nitrogens with one attached hydrogen (secondary N) is 1. The highest BCUT2D eigenvalue weighted by atomic mass is 35.5. The van der Waals surface area contributed by atoms with Gasteiger partial charge in [-0.2, -0.15) is 0 Å². The van der Waals surface area contributed by atoms with E-state index < -0.39 is 17.9 Å². The predicted octanol–water partition coefficient (Wildman–Crippen LogP) is 1.69. The number of carbonyl (C=O) groups is 3. The van der Waals surface area contributed by atoms with E-state index in [0.717, 1.165) is 0 Å². The maximum atomic E-state index is 13.0. The molecule has 0 unspecified atom stereocenters. The molecule has 2 amide bonds. The molecule has 0 saturated heterocycles. The van der Waals surface area contributed by atoms with E-state index >= 15 is 0 Å². The highest BCUT2D eigenvalue weighted by Crippen LogP contribution is 2.35. The summed E-state index contributed by atoms with van der Waals surface area (Å²) in [4.78, 5) is 42.6. The average Bonchev–Trinajstić information content (AvgIpc) is 3.22. The number of carbonyl (C=O) groups excluding carboxylic acids is 2. The molecular formula is C21H19Cl2N5O5. The first-order valence-electron chi connectivity index (χ1n) is 9.90. The molecule has 1 aromatic carbocycles. The smallest absolute Gasteiger partial charge is 0.327 e. The van der Waals surface area contributed by atoms with Crippen molar-refractivity contribution in [2.45, 2.75) is 19.0 Å². The van der Waals surface area contributed by atoms with Gasteiger partial charge in [-0.1, -0.05) is 23.2 Å². The van der Waals surface area contributed by atoms with E-state index in [-0.39, 0.29) is 51.7 Å². The molecule has 0 fully saturated rings. The van der Waals surface area contributed by atoms with E-state index in [2.05, 4.69) is 10.3 Å². The zero-order valence-electron chi connectivity index (χ0n) is 17.1. The molecule has 0 bridgehead atoms. The van der Waals surface area contributed by atoms with Crippen molar-refractivity contribution < 1.29 is 24.6 Å². The molecule has 4 rings (SSSR count). The van der Waals surface area contributed by atoms with Crippen molar-refractivity contribution in [3.8, 4) is 5.75 Å². The number of benzene rings is 1. The van der Waals surface area contributed by atoms with Gasteiger partial charge in [0.15, 0.2) is 11.4 Å². The topological polar surface area (TPSA) is 150 Å². The molecule has 0 spiro atoms. The SMILES string of the molecule is NC[C@H](NC(=O)c1c(Cl)cc2c(c1Cl)CCN(C(=O)c1cn3cccc(O)c3n1)C2)C(=O)O. The monoisotopic (exact) mass is 491 g/mol. The Hall–Kier alpha value is -3.34. The van der Waals surface area contributed by atoms with Gasteiger partial charge in [0.05, 0.1) is 15.6 Å². The van der Waals surface area contributed by atoms with Gasteiger partial charge in [-0.05, 0) is 35.7 Å². The number of hydrogen-bond acceptors (Lipinski definition) is 6. The molecule has 0 radical (unpaired) electrons. The van der Waals surface area contributed by atoms with E-state index in [4.69, 9.17) is 34.0 Å². The van der Waals surface area contributed by atoms with E-state index in [1.807, 2.05) is 0 Å². The second-order valence-corrected chi connectivity index (χ2v) is 8.30. The number of halogens is 2. The fraction of sp³-hybridized carbons (Fsp3) is 0.238. The standard InChI is InChI=1S/C21H19Cl2N5O5/c22-12-6-10-8-28(20(31)14-9-27-4-1-2-15(29)18(27)25-14)5-3-11(10)17(23)16(12)19(30)26-13(7-24)21(32)33/h1-2,4,6,9,13,29H,3,5,7-8,24H2,(H,26,30)(H,32,33)/t13-/m0/s1. The summed E-state index contributed by atoms with van der Waals surface area (Å²) in [5.74, 6) is -2.38. The van der Waals surface area contributed by atoms with Gasteiger partial charge in [-0.3, -0.25) is 9.59 Å². The molecule has 3 aromatic rings. The second kappa shape index (κ2) is 8.89. The number of imidazole rings is 1. The van der Waals surface area contributed by atoms with E-state index in [1.165, 1.54) is 12.3 Å². The third-order valence-electron chi connectivity index (χ3n) is 5.44. The van der Waals surface area contributed by atoms with Gasteiger partial charge in [0.25, 0.3) is 11.8 Å². The number of fused-ring (bicyclic) bond motifs is 2. The Labute approximate surface area is 197 Å². The molecule has 1 atom stereocenters. The number of nitrogens with zero attached hydrogens (tertiary/aromatic N) is 3. The summed E-state index contributed by atoms with van der Waals surface area (Å²) in [5, 5.41) is 21.5. The Morgan fingerprint density at radius 1 is 1.30 bits per heavy atom. The predicted molar refractivity (Wildman–Crippen MR) is 120 cm³/mol. The van der Waals surface area contributed by atoms with Crippen molar-refractivity contribution >= 4 is 46.6 Å². The largest absolute Gasteiger partial charge is 0.504 e. The first-order chi connectivity index (χ1) is 15.7. The maximum absolute atomic E-state index is 13.0. The van der Waals surface area contributed by atoms with Gasteiger partial charge in [0.1, 0.15) is 11.7 Å². The van der Waals surface area contributed by atoms with Gasteiger partial charge in [-0.25, -0.2) is 9.78 Å². The minimum absolute atomic E-state index is 0.0318. The fourth-order valence-corrected chi connectivity index (χ4v) is 4.51. The number of carboxylic acid groups (broad SMARTS) is 1. The van der Waals surface area contributed by atoms with Crippen LogP contribution in [0.5, 0.6) is 5.75 Å². The van der Waals surface area contributed by atoms with Crippen LogP contribution in [0.2, 0.25) is 10.0 Å². The molecule has 12 heteroatoms. The van der Waals surface area contributed by atoms with Gasteiger partial charge >= 0.3 is 5.97 Å². The molecular weight excluding hydrogens is 473 g/mol. The molecule has 5 N–H and O–H groups in total. The van der Waals surface area contributed by atoms with Crippen molar-refractivity contribution in [2.75, 3.05) is 13.1 Å². The maximum Gasteiger partial charge on any atom is 0.327 e. The molecule has 33 heavy (non-hydrogen) atoms. The summed E-state index contributed by atoms with van der Waals surface area (Å²) >= 11 is 12.8. The average molecular weight is 492 g/mol. The summed E-state index contributed by atoms with van der Waals surface area (Å²) in [7, 11) is 0. The molecule has 172 valence electrons. The summed E-state index contributed by atoms with van der Waals surface area (Å²) in [6.45, 7) is 0.212. The Kier molecular flexibility index (Phi) is 6.15. The molecule has 1 aliphatic heterocycles. The Morgan fingerprint density at radius 2 is 2.06 bits per heavy atom. The van der Waals surface area contributed by atoms with Crippen LogP contribution < -0.4 is 11.1 Å². The molecule has 0 saturated carbocycles. The summed E-state index contributed by atoms with van der Waals surface area (Å²) in [6, 6.07) is 3.39. The van der Waals surface area contributed by atoms with E-state index in [9.17, 15) is 19.5 Å². The van der Waals surface area contributed by atoms with Crippen molar-refractivity contribution in [3.63, 3.8) is 0 Å². The Balaban J connectivity index is 1.59. The van der Waals surface area contributed by atoms with Gasteiger partial charge < -0.3 is 30.6 Å². The Morgan fingerprint density at radius 3 is 2.73 bits per heavy atom. The van der Waals surface area contributed by atoms with Crippen LogP contribution in [-0.4, -0.2) is 61.4 Å². The molecule has 3 heterocycles. The van der Waals surface area contributed by atoms with Crippen LogP contribution in [-0.2, 0) is 17.8 Å². The van der Waals surface area contributed by atoms with Gasteiger partial charge in [-0.15, -0.1) is 0 Å². The summed E-state index contributed by atoms with van der Waals surface area (Å²) < 4.78 is 1.56. The zero-order valence-corrected chi connectivity index (χ0v) is 18.6. The molecule has 0 aliphatic carbocycles. The lowest BCUT2D eigenvalue weighted by molar-refractivity contribution is -0.138. The number of amides is 2. The third kappa shape index (κ3) is 4.20. The number of pyridine rings is 1. The van der Waals surface area contributed by atoms with E-state index in [1.54, 1.807) is 27.6 Å². The number of aliphatic carboxylic acids is 1. The summed E-state index contributed by atoms with van der Waals surface area (Å²) in [6.07, 6.45) is 3.57. The number of rotatable bonds is 5. The van der Waals surface area contributed by atoms with Crippen LogP contribution in [0.4, 0.5) is 0 Å². The number of nitrogens with two attached hydrogens (primary N) is 1. The molecule has 10 nitrogen and oxygen atoms in total. The highest BCUT2D eigenvalue weighted by molar-refractivity contribution is 6.40. The fourth-order valence-electron chi connectivity index (χ4n) is 3.75. The number of aromatic nitrogens is 2. The third-order valence-corrected chi connectivity index (χ3v) is 6.15. The Bertz CT molecular complexity index is 1290. The van der Waals surface area contributed by atoms with Crippen LogP contribution >= 0.6 is 23.2 Å². The first-order valence-corrected chi connectivity index (χ1v) is 10.7. The number of hydrogen-bond donors (Lipinski definition) is 4. The van der Waals surface area contributed by atoms with Crippen molar-refractivity contribution in [1.29, 1.82) is 0 Å². The van der Waals surface area contributed by atoms with Crippen molar-refractivity contribution in [2.24, 2.45) is 5.73 Å².